The van der Waals surface area contributed by atoms with E-state index in [1.165, 1.54) is 0 Å². The highest BCUT2D eigenvalue weighted by Crippen LogP contribution is 2.31. The molecule has 0 aliphatic heterocycles. The van der Waals surface area contributed by atoms with Gasteiger partial charge in [0.2, 0.25) is 0 Å². The predicted octanol–water partition coefficient (Wildman–Crippen LogP) is 6.43. The number of hydrogen-bond donors (Lipinski definition) is 1. The number of aryl methyl sites for hydroxylation is 3. The predicted molar refractivity (Wildman–Crippen MR) is 103 cm³/mol. The molecule has 3 aromatic rings. The average Bonchev–Trinajstić information content (AvgIpc) is 2.95. The average molecular weight is 374 g/mol. The minimum absolute atomic E-state index is 0.204. The largest absolute Gasteiger partial charge is 0.461 e. The molecular weight excluding hydrogens is 357 g/mol. The molecule has 0 atom stereocenters. The molecule has 3 rings (SSSR count). The van der Waals surface area contributed by atoms with Crippen molar-refractivity contribution >= 4 is 34.8 Å². The van der Waals surface area contributed by atoms with E-state index in [2.05, 4.69) is 5.32 Å². The summed E-state index contributed by atoms with van der Waals surface area (Å²) in [6, 6.07) is 12.8. The van der Waals surface area contributed by atoms with Crippen LogP contribution in [0.5, 0.6) is 0 Å². The summed E-state index contributed by atoms with van der Waals surface area (Å²) in [5.74, 6) is 0.914. The number of carbonyl (C=O) groups is 1. The van der Waals surface area contributed by atoms with E-state index in [0.29, 0.717) is 27.1 Å². The van der Waals surface area contributed by atoms with Gasteiger partial charge in [-0.05, 0) is 56.2 Å². The Balaban J connectivity index is 1.92. The third kappa shape index (κ3) is 3.58. The molecule has 0 spiro atoms. The molecule has 0 fully saturated rings. The lowest BCUT2D eigenvalue weighted by Gasteiger charge is -2.10. The molecule has 1 heterocycles. The van der Waals surface area contributed by atoms with Crippen LogP contribution < -0.4 is 5.32 Å². The van der Waals surface area contributed by atoms with Gasteiger partial charge in [-0.1, -0.05) is 41.4 Å². The van der Waals surface area contributed by atoms with Crippen molar-refractivity contribution < 1.29 is 9.21 Å². The van der Waals surface area contributed by atoms with Crippen molar-refractivity contribution in [3.63, 3.8) is 0 Å². The van der Waals surface area contributed by atoms with Crippen molar-refractivity contribution in [2.75, 3.05) is 5.32 Å². The molecule has 5 heteroatoms. The number of anilines is 1. The summed E-state index contributed by atoms with van der Waals surface area (Å²) in [6.07, 6.45) is 0. The molecule has 0 saturated carbocycles. The van der Waals surface area contributed by atoms with Crippen LogP contribution in [0.15, 0.2) is 46.9 Å². The SMILES string of the molecule is Cc1cccc(C)c1NC(=O)c1cc(-c2ccc(Cl)c(Cl)c2)oc1C. The van der Waals surface area contributed by atoms with Gasteiger partial charge in [0.15, 0.2) is 0 Å². The second-order valence-corrected chi connectivity index (χ2v) is 6.74. The first-order valence-corrected chi connectivity index (χ1v) is 8.56. The topological polar surface area (TPSA) is 42.2 Å². The summed E-state index contributed by atoms with van der Waals surface area (Å²) in [4.78, 5) is 12.7. The monoisotopic (exact) mass is 373 g/mol. The Morgan fingerprint density at radius 3 is 2.28 bits per heavy atom. The van der Waals surface area contributed by atoms with Crippen LogP contribution in [0.1, 0.15) is 27.2 Å². The van der Waals surface area contributed by atoms with Crippen LogP contribution >= 0.6 is 23.2 Å². The van der Waals surface area contributed by atoms with Crippen molar-refractivity contribution in [2.24, 2.45) is 0 Å². The number of carbonyl (C=O) groups excluding carboxylic acids is 1. The molecule has 2 aromatic carbocycles. The van der Waals surface area contributed by atoms with Gasteiger partial charge in [-0.2, -0.15) is 0 Å². The molecule has 3 nitrogen and oxygen atoms in total. The van der Waals surface area contributed by atoms with E-state index >= 15 is 0 Å². The number of furan rings is 1. The van der Waals surface area contributed by atoms with E-state index in [9.17, 15) is 4.79 Å². The summed E-state index contributed by atoms with van der Waals surface area (Å²) in [5, 5.41) is 3.89. The van der Waals surface area contributed by atoms with Crippen LogP contribution in [0.3, 0.4) is 0 Å². The maximum Gasteiger partial charge on any atom is 0.259 e. The van der Waals surface area contributed by atoms with Gasteiger partial charge in [0.1, 0.15) is 11.5 Å². The molecule has 1 amide bonds. The first kappa shape index (κ1) is 17.6. The number of para-hydroxylation sites is 1. The molecule has 25 heavy (non-hydrogen) atoms. The van der Waals surface area contributed by atoms with E-state index in [4.69, 9.17) is 27.6 Å². The van der Waals surface area contributed by atoms with E-state index in [1.807, 2.05) is 32.0 Å². The highest BCUT2D eigenvalue weighted by molar-refractivity contribution is 6.42. The highest BCUT2D eigenvalue weighted by Gasteiger charge is 2.18. The lowest BCUT2D eigenvalue weighted by Crippen LogP contribution is -2.14. The number of nitrogens with one attached hydrogen (secondary N) is 1. The van der Waals surface area contributed by atoms with Crippen LogP contribution in [-0.4, -0.2) is 5.91 Å². The van der Waals surface area contributed by atoms with Crippen molar-refractivity contribution in [3.8, 4) is 11.3 Å². The molecular formula is C20H17Cl2NO2. The summed E-state index contributed by atoms with van der Waals surface area (Å²) in [5.41, 5.74) is 4.11. The first-order valence-electron chi connectivity index (χ1n) is 7.80. The third-order valence-electron chi connectivity index (χ3n) is 4.09. The molecule has 1 aromatic heterocycles. The minimum Gasteiger partial charge on any atom is -0.461 e. The molecule has 0 radical (unpaired) electrons. The van der Waals surface area contributed by atoms with Crippen LogP contribution in [0.25, 0.3) is 11.3 Å². The molecule has 0 saturated heterocycles. The Labute approximate surface area is 156 Å². The summed E-state index contributed by atoms with van der Waals surface area (Å²) in [7, 11) is 0. The van der Waals surface area contributed by atoms with Gasteiger partial charge in [-0.25, -0.2) is 0 Å². The second-order valence-electron chi connectivity index (χ2n) is 5.93. The maximum absolute atomic E-state index is 12.7. The number of hydrogen-bond acceptors (Lipinski definition) is 2. The number of halogens is 2. The van der Waals surface area contributed by atoms with E-state index in [-0.39, 0.29) is 5.91 Å². The quantitative estimate of drug-likeness (QED) is 0.574. The summed E-state index contributed by atoms with van der Waals surface area (Å²) in [6.45, 7) is 5.69. The highest BCUT2D eigenvalue weighted by atomic mass is 35.5. The zero-order chi connectivity index (χ0) is 18.1. The molecule has 0 aliphatic carbocycles. The first-order chi connectivity index (χ1) is 11.9. The van der Waals surface area contributed by atoms with Gasteiger partial charge in [-0.3, -0.25) is 4.79 Å². The Kier molecular flexibility index (Phi) is 4.89. The third-order valence-corrected chi connectivity index (χ3v) is 4.83. The van der Waals surface area contributed by atoms with Gasteiger partial charge in [-0.15, -0.1) is 0 Å². The van der Waals surface area contributed by atoms with Crippen LogP contribution in [-0.2, 0) is 0 Å². The molecule has 128 valence electrons. The molecule has 0 aliphatic rings. The van der Waals surface area contributed by atoms with E-state index in [1.54, 1.807) is 31.2 Å². The normalized spacial score (nSPS) is 10.8. The lowest BCUT2D eigenvalue weighted by atomic mass is 10.1. The fourth-order valence-electron chi connectivity index (χ4n) is 2.69. The van der Waals surface area contributed by atoms with Crippen LogP contribution in [0, 0.1) is 20.8 Å². The standard InChI is InChI=1S/C20H17Cl2NO2/c1-11-5-4-6-12(2)19(11)23-20(24)15-10-18(25-13(15)3)14-7-8-16(21)17(22)9-14/h4-10H,1-3H3,(H,23,24). The Morgan fingerprint density at radius 1 is 0.960 bits per heavy atom. The smallest absolute Gasteiger partial charge is 0.259 e. The molecule has 0 bridgehead atoms. The van der Waals surface area contributed by atoms with Crippen LogP contribution in [0.4, 0.5) is 5.69 Å². The van der Waals surface area contributed by atoms with E-state index < -0.39 is 0 Å². The summed E-state index contributed by atoms with van der Waals surface area (Å²) < 4.78 is 5.75. The van der Waals surface area contributed by atoms with Gasteiger partial charge >= 0.3 is 0 Å². The van der Waals surface area contributed by atoms with Gasteiger partial charge < -0.3 is 9.73 Å². The van der Waals surface area contributed by atoms with Crippen molar-refractivity contribution in [2.45, 2.75) is 20.8 Å². The van der Waals surface area contributed by atoms with E-state index in [0.717, 1.165) is 22.4 Å². The van der Waals surface area contributed by atoms with Gasteiger partial charge in [0.25, 0.3) is 5.91 Å². The van der Waals surface area contributed by atoms with Gasteiger partial charge in [0.05, 0.1) is 15.6 Å². The minimum atomic E-state index is -0.204. The van der Waals surface area contributed by atoms with Crippen molar-refractivity contribution in [1.29, 1.82) is 0 Å². The Morgan fingerprint density at radius 2 is 1.64 bits per heavy atom. The fourth-order valence-corrected chi connectivity index (χ4v) is 2.99. The maximum atomic E-state index is 12.7. The Hall–Kier alpha value is -2.23. The number of rotatable bonds is 3. The zero-order valence-corrected chi connectivity index (χ0v) is 15.6. The van der Waals surface area contributed by atoms with Crippen molar-refractivity contribution in [1.82, 2.24) is 0 Å². The number of benzene rings is 2. The Bertz CT molecular complexity index is 940. The van der Waals surface area contributed by atoms with Crippen LogP contribution in [0.2, 0.25) is 10.0 Å². The lowest BCUT2D eigenvalue weighted by molar-refractivity contribution is 0.102. The fraction of sp³-hybridized carbons (Fsp3) is 0.150. The van der Waals surface area contributed by atoms with Gasteiger partial charge in [0, 0.05) is 11.3 Å². The summed E-state index contributed by atoms with van der Waals surface area (Å²) >= 11 is 12.0. The second kappa shape index (κ2) is 6.95. The number of amides is 1. The molecule has 1 N–H and O–H groups in total. The zero-order valence-electron chi connectivity index (χ0n) is 14.1. The van der Waals surface area contributed by atoms with Crippen molar-refractivity contribution in [3.05, 3.63) is 75.0 Å². The molecule has 0 unspecified atom stereocenters.